The third-order valence-electron chi connectivity index (χ3n) is 4.75. The van der Waals surface area contributed by atoms with Crippen molar-refractivity contribution in [3.05, 3.63) is 40.4 Å². The largest absolute Gasteiger partial charge is 0.348 e. The second-order valence-corrected chi connectivity index (χ2v) is 8.89. The fourth-order valence-corrected chi connectivity index (χ4v) is 5.02. The van der Waals surface area contributed by atoms with Crippen LogP contribution in [0.4, 0.5) is 0 Å². The molecular formula is C18H23ClN2O3S. The number of nitrogens with zero attached hydrogens (tertiary/aromatic N) is 1. The summed E-state index contributed by atoms with van der Waals surface area (Å²) in [6.45, 7) is 1.54. The molecule has 3 rings (SSSR count). The summed E-state index contributed by atoms with van der Waals surface area (Å²) in [5.74, 6) is -0.338. The zero-order valence-corrected chi connectivity index (χ0v) is 15.7. The van der Waals surface area contributed by atoms with Gasteiger partial charge in [-0.05, 0) is 56.7 Å². The van der Waals surface area contributed by atoms with Crippen molar-refractivity contribution in [3.8, 4) is 0 Å². The Balaban J connectivity index is 1.76. The normalized spacial score (nSPS) is 18.8. The Bertz CT molecular complexity index is 784. The molecule has 1 saturated heterocycles. The molecule has 0 atom stereocenters. The van der Waals surface area contributed by atoms with Crippen LogP contribution in [0.3, 0.4) is 0 Å². The first-order valence-electron chi connectivity index (χ1n) is 8.74. The average molecular weight is 383 g/mol. The van der Waals surface area contributed by atoms with Gasteiger partial charge < -0.3 is 5.32 Å². The Morgan fingerprint density at radius 2 is 1.92 bits per heavy atom. The topological polar surface area (TPSA) is 66.5 Å². The minimum atomic E-state index is -3.56. The Morgan fingerprint density at radius 3 is 2.60 bits per heavy atom. The van der Waals surface area contributed by atoms with Crippen molar-refractivity contribution in [2.24, 2.45) is 0 Å². The van der Waals surface area contributed by atoms with Crippen molar-refractivity contribution in [2.45, 2.75) is 43.4 Å². The number of amides is 1. The molecule has 1 N–H and O–H groups in total. The lowest BCUT2D eigenvalue weighted by Crippen LogP contribution is -2.29. The van der Waals surface area contributed by atoms with Gasteiger partial charge in [0.15, 0.2) is 0 Å². The summed E-state index contributed by atoms with van der Waals surface area (Å²) >= 11 is 6.14. The fourth-order valence-electron chi connectivity index (χ4n) is 3.27. The monoisotopic (exact) mass is 382 g/mol. The van der Waals surface area contributed by atoms with Crippen LogP contribution >= 0.6 is 11.6 Å². The first kappa shape index (κ1) is 18.4. The highest BCUT2D eigenvalue weighted by atomic mass is 35.5. The zero-order valence-electron chi connectivity index (χ0n) is 14.1. The molecule has 136 valence electrons. The Hall–Kier alpha value is -1.37. The quantitative estimate of drug-likeness (QED) is 0.794. The van der Waals surface area contributed by atoms with E-state index in [1.807, 2.05) is 0 Å². The van der Waals surface area contributed by atoms with E-state index in [0.29, 0.717) is 19.6 Å². The number of allylic oxidation sites excluding steroid dienone is 1. The van der Waals surface area contributed by atoms with Gasteiger partial charge in [0.25, 0.3) is 5.91 Å². The number of carbonyl (C=O) groups excluding carboxylic acids is 1. The van der Waals surface area contributed by atoms with Gasteiger partial charge in [-0.3, -0.25) is 4.79 Å². The van der Waals surface area contributed by atoms with Gasteiger partial charge in [-0.15, -0.1) is 0 Å². The molecule has 1 aromatic rings. The van der Waals surface area contributed by atoms with Gasteiger partial charge in [-0.25, -0.2) is 8.42 Å². The molecule has 1 heterocycles. The standard InChI is InChI=1S/C18H23ClN2O3S/c19-17-9-8-15(25(23,24)21-10-4-5-11-21)12-16(17)18(22)20-13-14-6-2-1-3-7-14/h6,8-9,12H,1-5,7,10-11,13H2,(H,20,22). The molecule has 2 aliphatic rings. The third kappa shape index (κ3) is 4.25. The van der Waals surface area contributed by atoms with Gasteiger partial charge in [0.05, 0.1) is 15.5 Å². The van der Waals surface area contributed by atoms with E-state index in [9.17, 15) is 13.2 Å². The van der Waals surface area contributed by atoms with Gasteiger partial charge >= 0.3 is 0 Å². The molecule has 1 aliphatic carbocycles. The summed E-state index contributed by atoms with van der Waals surface area (Å²) in [6, 6.07) is 4.34. The SMILES string of the molecule is O=C(NCC1=CCCCC1)c1cc(S(=O)(=O)N2CCCC2)ccc1Cl. The highest BCUT2D eigenvalue weighted by molar-refractivity contribution is 7.89. The summed E-state index contributed by atoms with van der Waals surface area (Å²) in [6.07, 6.45) is 8.29. The van der Waals surface area contributed by atoms with E-state index in [-0.39, 0.29) is 21.4 Å². The van der Waals surface area contributed by atoms with Crippen LogP contribution in [0.1, 0.15) is 48.9 Å². The summed E-state index contributed by atoms with van der Waals surface area (Å²) in [5, 5.41) is 3.12. The van der Waals surface area contributed by atoms with E-state index >= 15 is 0 Å². The molecule has 0 radical (unpaired) electrons. The second kappa shape index (κ2) is 7.89. The number of benzene rings is 1. The Labute approximate surface area is 154 Å². The first-order valence-corrected chi connectivity index (χ1v) is 10.6. The number of hydrogen-bond donors (Lipinski definition) is 1. The molecule has 0 aromatic heterocycles. The maximum atomic E-state index is 12.7. The lowest BCUT2D eigenvalue weighted by Gasteiger charge is -2.17. The minimum Gasteiger partial charge on any atom is -0.348 e. The van der Waals surface area contributed by atoms with Crippen LogP contribution in [0, 0.1) is 0 Å². The molecule has 0 bridgehead atoms. The Kier molecular flexibility index (Phi) is 5.81. The predicted molar refractivity (Wildman–Crippen MR) is 98.3 cm³/mol. The van der Waals surface area contributed by atoms with Gasteiger partial charge in [-0.1, -0.05) is 23.3 Å². The average Bonchev–Trinajstić information content (AvgIpc) is 3.16. The molecule has 0 spiro atoms. The van der Waals surface area contributed by atoms with Gasteiger partial charge in [0, 0.05) is 19.6 Å². The van der Waals surface area contributed by atoms with Crippen LogP contribution < -0.4 is 5.32 Å². The molecule has 5 nitrogen and oxygen atoms in total. The van der Waals surface area contributed by atoms with E-state index in [0.717, 1.165) is 32.1 Å². The molecule has 0 saturated carbocycles. The van der Waals surface area contributed by atoms with Crippen LogP contribution in [0.15, 0.2) is 34.7 Å². The van der Waals surface area contributed by atoms with Crippen molar-refractivity contribution in [1.29, 1.82) is 0 Å². The van der Waals surface area contributed by atoms with Gasteiger partial charge in [0.1, 0.15) is 0 Å². The molecule has 1 aromatic carbocycles. The lowest BCUT2D eigenvalue weighted by molar-refractivity contribution is 0.0956. The van der Waals surface area contributed by atoms with E-state index < -0.39 is 10.0 Å². The van der Waals surface area contributed by atoms with Crippen LogP contribution in [0.25, 0.3) is 0 Å². The first-order chi connectivity index (χ1) is 12.0. The molecular weight excluding hydrogens is 360 g/mol. The van der Waals surface area contributed by atoms with E-state index in [1.54, 1.807) is 0 Å². The lowest BCUT2D eigenvalue weighted by atomic mass is 9.99. The van der Waals surface area contributed by atoms with Crippen LogP contribution in [0.2, 0.25) is 5.02 Å². The maximum absolute atomic E-state index is 12.7. The predicted octanol–water partition coefficient (Wildman–Crippen LogP) is 3.35. The molecule has 7 heteroatoms. The van der Waals surface area contributed by atoms with Crippen LogP contribution in [-0.2, 0) is 10.0 Å². The zero-order chi connectivity index (χ0) is 17.9. The minimum absolute atomic E-state index is 0.126. The summed E-state index contributed by atoms with van der Waals surface area (Å²) < 4.78 is 26.8. The van der Waals surface area contributed by atoms with Crippen molar-refractivity contribution in [2.75, 3.05) is 19.6 Å². The van der Waals surface area contributed by atoms with Gasteiger partial charge in [0.2, 0.25) is 10.0 Å². The fraction of sp³-hybridized carbons (Fsp3) is 0.500. The number of halogens is 1. The maximum Gasteiger partial charge on any atom is 0.253 e. The number of carbonyl (C=O) groups is 1. The highest BCUT2D eigenvalue weighted by Crippen LogP contribution is 2.25. The number of sulfonamides is 1. The molecule has 0 unspecified atom stereocenters. The summed E-state index contributed by atoms with van der Waals surface area (Å²) in [7, 11) is -3.56. The Morgan fingerprint density at radius 1 is 1.16 bits per heavy atom. The van der Waals surface area contributed by atoms with Gasteiger partial charge in [-0.2, -0.15) is 4.31 Å². The molecule has 25 heavy (non-hydrogen) atoms. The number of rotatable bonds is 5. The van der Waals surface area contributed by atoms with Crippen molar-refractivity contribution >= 4 is 27.5 Å². The summed E-state index contributed by atoms with van der Waals surface area (Å²) in [5.41, 5.74) is 1.43. The van der Waals surface area contributed by atoms with E-state index in [4.69, 9.17) is 11.6 Å². The van der Waals surface area contributed by atoms with E-state index in [1.165, 1.54) is 34.5 Å². The number of nitrogens with one attached hydrogen (secondary N) is 1. The number of hydrogen-bond acceptors (Lipinski definition) is 3. The van der Waals surface area contributed by atoms with Crippen molar-refractivity contribution in [1.82, 2.24) is 9.62 Å². The molecule has 1 aliphatic heterocycles. The van der Waals surface area contributed by atoms with Crippen molar-refractivity contribution < 1.29 is 13.2 Å². The molecule has 1 amide bonds. The molecule has 1 fully saturated rings. The third-order valence-corrected chi connectivity index (χ3v) is 6.97. The van der Waals surface area contributed by atoms with Crippen LogP contribution in [0.5, 0.6) is 0 Å². The van der Waals surface area contributed by atoms with Crippen molar-refractivity contribution in [3.63, 3.8) is 0 Å². The highest BCUT2D eigenvalue weighted by Gasteiger charge is 2.28. The summed E-state index contributed by atoms with van der Waals surface area (Å²) in [4.78, 5) is 12.6. The second-order valence-electron chi connectivity index (χ2n) is 6.54. The smallest absolute Gasteiger partial charge is 0.253 e. The van der Waals surface area contributed by atoms with E-state index in [2.05, 4.69) is 11.4 Å². The van der Waals surface area contributed by atoms with Crippen LogP contribution in [-0.4, -0.2) is 38.3 Å².